The summed E-state index contributed by atoms with van der Waals surface area (Å²) in [5.74, 6) is -0.926. The zero-order valence-corrected chi connectivity index (χ0v) is 20.4. The van der Waals surface area contributed by atoms with E-state index in [0.717, 1.165) is 4.90 Å². The fourth-order valence-electron chi connectivity index (χ4n) is 4.29. The van der Waals surface area contributed by atoms with Crippen molar-refractivity contribution in [3.05, 3.63) is 64.2 Å². The van der Waals surface area contributed by atoms with Crippen LogP contribution in [0, 0.1) is 0 Å². The zero-order chi connectivity index (χ0) is 26.0. The summed E-state index contributed by atoms with van der Waals surface area (Å²) < 4.78 is 42.4. The number of nitrogens with zero attached hydrogens (tertiary/aromatic N) is 1. The Kier molecular flexibility index (Phi) is 7.61. The van der Waals surface area contributed by atoms with Gasteiger partial charge in [-0.2, -0.15) is 0 Å². The lowest BCUT2D eigenvalue weighted by molar-refractivity contribution is -0.142. The van der Waals surface area contributed by atoms with Gasteiger partial charge in [0.25, 0.3) is 12.3 Å². The molecule has 1 heterocycles. The van der Waals surface area contributed by atoms with Crippen LogP contribution in [-0.2, 0) is 16.0 Å². The van der Waals surface area contributed by atoms with Gasteiger partial charge in [-0.05, 0) is 31.5 Å². The Hall–Kier alpha value is -3.43. The van der Waals surface area contributed by atoms with Gasteiger partial charge in [0, 0.05) is 10.8 Å². The van der Waals surface area contributed by atoms with Crippen molar-refractivity contribution in [3.8, 4) is 11.5 Å². The summed E-state index contributed by atoms with van der Waals surface area (Å²) in [5, 5.41) is 12.3. The number of amides is 1. The van der Waals surface area contributed by atoms with Crippen molar-refractivity contribution in [1.82, 2.24) is 0 Å². The number of anilines is 1. The second-order valence-corrected chi connectivity index (χ2v) is 8.35. The summed E-state index contributed by atoms with van der Waals surface area (Å²) in [7, 11) is 0. The van der Waals surface area contributed by atoms with E-state index >= 15 is 0 Å². The van der Waals surface area contributed by atoms with Crippen LogP contribution in [0.15, 0.2) is 42.5 Å². The Morgan fingerprint density at radius 3 is 2.39 bits per heavy atom. The zero-order valence-electron chi connectivity index (χ0n) is 19.6. The number of carbonyl (C=O) groups excluding carboxylic acids is 2. The first-order valence-corrected chi connectivity index (χ1v) is 11.7. The summed E-state index contributed by atoms with van der Waals surface area (Å²) in [5.41, 5.74) is 0.764. The van der Waals surface area contributed by atoms with Gasteiger partial charge < -0.3 is 19.3 Å². The first-order valence-electron chi connectivity index (χ1n) is 11.4. The summed E-state index contributed by atoms with van der Waals surface area (Å²) in [6, 6.07) is 11.4. The Balaban J connectivity index is 1.84. The minimum atomic E-state index is -2.77. The van der Waals surface area contributed by atoms with E-state index < -0.39 is 31.1 Å². The molecule has 1 atom stereocenters. The Labute approximate surface area is 211 Å². The largest absolute Gasteiger partial charge is 0.493 e. The highest BCUT2D eigenvalue weighted by atomic mass is 35.5. The van der Waals surface area contributed by atoms with E-state index in [-0.39, 0.29) is 53.0 Å². The van der Waals surface area contributed by atoms with Crippen LogP contribution in [0.4, 0.5) is 14.5 Å². The minimum Gasteiger partial charge on any atom is -0.493 e. The highest BCUT2D eigenvalue weighted by Crippen LogP contribution is 2.50. The van der Waals surface area contributed by atoms with Crippen LogP contribution < -0.4 is 14.4 Å². The van der Waals surface area contributed by atoms with Crippen LogP contribution >= 0.6 is 11.6 Å². The molecule has 0 aliphatic carbocycles. The van der Waals surface area contributed by atoms with Crippen molar-refractivity contribution in [1.29, 1.82) is 0 Å². The standard InChI is InChI=1S/C26H24ClF2NO6/c1-3-34-20(31)12-14-9-10-18(17(27)11-14)30-25(32)21-22(26(30)33)24(36-13-19(28)29)16-8-6-5-7-15(16)23(21)35-4-2/h5-11,19,25,32H,3-4,12-13H2,1-2H3. The van der Waals surface area contributed by atoms with E-state index in [1.165, 1.54) is 12.1 Å². The summed E-state index contributed by atoms with van der Waals surface area (Å²) in [6.07, 6.45) is -4.32. The van der Waals surface area contributed by atoms with Gasteiger partial charge in [0.15, 0.2) is 6.23 Å². The molecule has 3 aromatic carbocycles. The molecule has 0 bridgehead atoms. The van der Waals surface area contributed by atoms with Gasteiger partial charge in [0.05, 0.1) is 41.5 Å². The van der Waals surface area contributed by atoms with Crippen LogP contribution in [0.2, 0.25) is 5.02 Å². The molecule has 0 spiro atoms. The SMILES string of the molecule is CCOC(=O)Cc1ccc(N2C(=O)c3c(c(OCC)c4ccccc4c3OCC(F)F)C2O)c(Cl)c1. The molecule has 1 unspecified atom stereocenters. The molecule has 0 fully saturated rings. The van der Waals surface area contributed by atoms with Gasteiger partial charge in [0.1, 0.15) is 18.1 Å². The average molecular weight is 520 g/mol. The topological polar surface area (TPSA) is 85.3 Å². The third-order valence-electron chi connectivity index (χ3n) is 5.66. The number of fused-ring (bicyclic) bond motifs is 2. The predicted molar refractivity (Wildman–Crippen MR) is 130 cm³/mol. The Morgan fingerprint density at radius 1 is 1.08 bits per heavy atom. The number of halogens is 3. The van der Waals surface area contributed by atoms with Gasteiger partial charge in [-0.1, -0.05) is 41.9 Å². The maximum absolute atomic E-state index is 13.7. The predicted octanol–water partition coefficient (Wildman–Crippen LogP) is 5.29. The van der Waals surface area contributed by atoms with Crippen molar-refractivity contribution < 1.29 is 37.7 Å². The molecule has 1 amide bonds. The number of aliphatic hydroxyl groups is 1. The lowest BCUT2D eigenvalue weighted by atomic mass is 9.98. The van der Waals surface area contributed by atoms with Crippen LogP contribution in [0.5, 0.6) is 11.5 Å². The van der Waals surface area contributed by atoms with Crippen molar-refractivity contribution in [2.24, 2.45) is 0 Å². The molecule has 10 heteroatoms. The Morgan fingerprint density at radius 2 is 1.78 bits per heavy atom. The molecule has 7 nitrogen and oxygen atoms in total. The highest BCUT2D eigenvalue weighted by molar-refractivity contribution is 6.34. The number of esters is 1. The van der Waals surface area contributed by atoms with Gasteiger partial charge in [-0.15, -0.1) is 0 Å². The smallest absolute Gasteiger partial charge is 0.310 e. The normalized spacial score (nSPS) is 14.9. The molecule has 190 valence electrons. The number of ether oxygens (including phenoxy) is 3. The van der Waals surface area contributed by atoms with E-state index in [0.29, 0.717) is 16.3 Å². The molecule has 4 rings (SSSR count). The molecule has 1 aliphatic rings. The number of aliphatic hydroxyl groups excluding tert-OH is 1. The van der Waals surface area contributed by atoms with Crippen LogP contribution in [0.1, 0.15) is 41.6 Å². The number of rotatable bonds is 9. The molecule has 0 saturated heterocycles. The fourth-order valence-corrected chi connectivity index (χ4v) is 4.58. The van der Waals surface area contributed by atoms with E-state index in [9.17, 15) is 23.5 Å². The van der Waals surface area contributed by atoms with Crippen LogP contribution in [0.25, 0.3) is 10.8 Å². The van der Waals surface area contributed by atoms with Crippen LogP contribution in [0.3, 0.4) is 0 Å². The van der Waals surface area contributed by atoms with Crippen molar-refractivity contribution in [3.63, 3.8) is 0 Å². The maximum atomic E-state index is 13.7. The third kappa shape index (κ3) is 4.68. The lowest BCUT2D eigenvalue weighted by Crippen LogP contribution is -2.28. The fraction of sp³-hybridized carbons (Fsp3) is 0.308. The second kappa shape index (κ2) is 10.7. The van der Waals surface area contributed by atoms with E-state index in [2.05, 4.69) is 0 Å². The van der Waals surface area contributed by atoms with Gasteiger partial charge in [0.2, 0.25) is 0 Å². The second-order valence-electron chi connectivity index (χ2n) is 7.94. The molecule has 1 N–H and O–H groups in total. The van der Waals surface area contributed by atoms with Gasteiger partial charge >= 0.3 is 5.97 Å². The molecule has 3 aromatic rings. The lowest BCUT2D eigenvalue weighted by Gasteiger charge is -2.23. The molecular formula is C26H24ClF2NO6. The average Bonchev–Trinajstić information content (AvgIpc) is 3.09. The summed E-state index contributed by atoms with van der Waals surface area (Å²) in [6.45, 7) is 2.99. The van der Waals surface area contributed by atoms with E-state index in [4.69, 9.17) is 25.8 Å². The van der Waals surface area contributed by atoms with E-state index in [1.807, 2.05) is 0 Å². The van der Waals surface area contributed by atoms with Crippen molar-refractivity contribution in [2.45, 2.75) is 32.9 Å². The molecule has 0 aromatic heterocycles. The molecule has 1 aliphatic heterocycles. The summed E-state index contributed by atoms with van der Waals surface area (Å²) >= 11 is 6.47. The number of alkyl halides is 2. The number of carbonyl (C=O) groups is 2. The maximum Gasteiger partial charge on any atom is 0.310 e. The number of benzene rings is 3. The first-order chi connectivity index (χ1) is 17.3. The monoisotopic (exact) mass is 519 g/mol. The minimum absolute atomic E-state index is 0.0178. The molecular weight excluding hydrogens is 496 g/mol. The van der Waals surface area contributed by atoms with E-state index in [1.54, 1.807) is 44.2 Å². The number of hydrogen-bond donors (Lipinski definition) is 1. The van der Waals surface area contributed by atoms with Crippen molar-refractivity contribution in [2.75, 3.05) is 24.7 Å². The summed E-state index contributed by atoms with van der Waals surface area (Å²) in [4.78, 5) is 26.6. The quantitative estimate of drug-likeness (QED) is 0.387. The molecule has 36 heavy (non-hydrogen) atoms. The van der Waals surface area contributed by atoms with Crippen molar-refractivity contribution >= 4 is 39.9 Å². The highest BCUT2D eigenvalue weighted by Gasteiger charge is 2.44. The Bertz CT molecular complexity index is 1320. The van der Waals surface area contributed by atoms with Crippen LogP contribution in [-0.4, -0.2) is 43.2 Å². The molecule has 0 saturated carbocycles. The molecule has 0 radical (unpaired) electrons. The van der Waals surface area contributed by atoms with Gasteiger partial charge in [-0.3, -0.25) is 14.5 Å². The third-order valence-corrected chi connectivity index (χ3v) is 5.96. The first kappa shape index (κ1) is 25.7. The number of hydrogen-bond acceptors (Lipinski definition) is 6. The van der Waals surface area contributed by atoms with Gasteiger partial charge in [-0.25, -0.2) is 8.78 Å².